The van der Waals surface area contributed by atoms with E-state index in [4.69, 9.17) is 9.84 Å². The number of amides is 1. The van der Waals surface area contributed by atoms with Crippen LogP contribution in [0.15, 0.2) is 0 Å². The van der Waals surface area contributed by atoms with Crippen molar-refractivity contribution in [2.24, 2.45) is 17.8 Å². The van der Waals surface area contributed by atoms with Crippen molar-refractivity contribution in [1.82, 2.24) is 15.1 Å². The largest absolute Gasteiger partial charge is 0.466 e. The molecule has 0 spiro atoms. The van der Waals surface area contributed by atoms with Gasteiger partial charge in [-0.3, -0.25) is 14.3 Å². The third kappa shape index (κ3) is 4.10. The average Bonchev–Trinajstić information content (AvgIpc) is 3.48. The molecule has 6 heteroatoms. The Labute approximate surface area is 191 Å². The van der Waals surface area contributed by atoms with Gasteiger partial charge in [-0.2, -0.15) is 5.10 Å². The molecule has 1 heterocycles. The molecule has 1 aromatic heterocycles. The third-order valence-corrected chi connectivity index (χ3v) is 8.62. The number of ether oxygens (including phenoxy) is 1. The van der Waals surface area contributed by atoms with Crippen LogP contribution in [0.3, 0.4) is 0 Å². The lowest BCUT2D eigenvalue weighted by atomic mass is 9.84. The molecule has 5 rings (SSSR count). The van der Waals surface area contributed by atoms with E-state index in [0.717, 1.165) is 38.5 Å². The number of hydrogen-bond acceptors (Lipinski definition) is 4. The van der Waals surface area contributed by atoms with E-state index in [2.05, 4.69) is 10.00 Å². The van der Waals surface area contributed by atoms with Crippen molar-refractivity contribution in [3.8, 4) is 0 Å². The van der Waals surface area contributed by atoms with Crippen LogP contribution in [0.5, 0.6) is 0 Å². The SMILES string of the molecule is CCOC(=O)C1C2CCC(C2)C1NC(=O)c1nn(C2CCCCC2)c2c1CCCCCC2. The van der Waals surface area contributed by atoms with Gasteiger partial charge < -0.3 is 10.1 Å². The summed E-state index contributed by atoms with van der Waals surface area (Å²) in [5, 5.41) is 8.30. The molecule has 0 aromatic carbocycles. The molecule has 1 aromatic rings. The van der Waals surface area contributed by atoms with Crippen molar-refractivity contribution < 1.29 is 14.3 Å². The number of carbonyl (C=O) groups excluding carboxylic acids is 2. The van der Waals surface area contributed by atoms with Gasteiger partial charge in [-0.1, -0.05) is 32.1 Å². The van der Waals surface area contributed by atoms with Crippen LogP contribution in [0, 0.1) is 17.8 Å². The topological polar surface area (TPSA) is 73.2 Å². The molecule has 2 bridgehead atoms. The van der Waals surface area contributed by atoms with Crippen LogP contribution in [0.1, 0.15) is 112 Å². The van der Waals surface area contributed by atoms with Crippen molar-refractivity contribution in [2.75, 3.05) is 6.61 Å². The molecular formula is C26H39N3O3. The molecule has 1 N–H and O–H groups in total. The zero-order chi connectivity index (χ0) is 22.1. The van der Waals surface area contributed by atoms with Crippen LogP contribution in [0.4, 0.5) is 0 Å². The van der Waals surface area contributed by atoms with E-state index in [0.29, 0.717) is 30.2 Å². The van der Waals surface area contributed by atoms with Gasteiger partial charge >= 0.3 is 5.97 Å². The standard InChI is InChI=1S/C26H39N3O3/c1-2-32-26(31)22-17-14-15-18(16-17)23(22)27-25(30)24-20-12-8-3-4-9-13-21(20)29(28-24)19-10-6-5-7-11-19/h17-19,22-23H,2-16H2,1H3,(H,27,30). The highest BCUT2D eigenvalue weighted by molar-refractivity contribution is 5.94. The van der Waals surface area contributed by atoms with E-state index in [9.17, 15) is 9.59 Å². The molecule has 4 atom stereocenters. The van der Waals surface area contributed by atoms with Gasteiger partial charge in [-0.25, -0.2) is 0 Å². The van der Waals surface area contributed by atoms with Crippen molar-refractivity contribution in [3.63, 3.8) is 0 Å². The monoisotopic (exact) mass is 441 g/mol. The van der Waals surface area contributed by atoms with Crippen molar-refractivity contribution >= 4 is 11.9 Å². The minimum absolute atomic E-state index is 0.0665. The molecule has 32 heavy (non-hydrogen) atoms. The second-order valence-electron chi connectivity index (χ2n) is 10.5. The van der Waals surface area contributed by atoms with Gasteiger partial charge in [-0.05, 0) is 76.5 Å². The molecular weight excluding hydrogens is 402 g/mol. The second kappa shape index (κ2) is 9.56. The quantitative estimate of drug-likeness (QED) is 0.669. The lowest BCUT2D eigenvalue weighted by Crippen LogP contribution is -2.47. The first kappa shape index (κ1) is 22.0. The van der Waals surface area contributed by atoms with Crippen LogP contribution in [0.25, 0.3) is 0 Å². The molecule has 6 nitrogen and oxygen atoms in total. The van der Waals surface area contributed by atoms with Gasteiger partial charge in [0.2, 0.25) is 0 Å². The van der Waals surface area contributed by atoms with Crippen LogP contribution >= 0.6 is 0 Å². The van der Waals surface area contributed by atoms with Crippen LogP contribution < -0.4 is 5.32 Å². The lowest BCUT2D eigenvalue weighted by molar-refractivity contribution is -0.150. The first-order valence-corrected chi connectivity index (χ1v) is 13.2. The molecule has 3 saturated carbocycles. The zero-order valence-corrected chi connectivity index (χ0v) is 19.6. The predicted molar refractivity (Wildman–Crippen MR) is 122 cm³/mol. The Balaban J connectivity index is 1.42. The van der Waals surface area contributed by atoms with Gasteiger partial charge in [0.25, 0.3) is 5.91 Å². The maximum Gasteiger partial charge on any atom is 0.311 e. The van der Waals surface area contributed by atoms with Crippen LogP contribution in [-0.4, -0.2) is 34.3 Å². The summed E-state index contributed by atoms with van der Waals surface area (Å²) in [6.07, 6.45) is 16.2. The summed E-state index contributed by atoms with van der Waals surface area (Å²) >= 11 is 0. The highest BCUT2D eigenvalue weighted by Crippen LogP contribution is 2.49. The van der Waals surface area contributed by atoms with E-state index < -0.39 is 0 Å². The number of nitrogens with one attached hydrogen (secondary N) is 1. The fraction of sp³-hybridized carbons (Fsp3) is 0.808. The number of hydrogen-bond donors (Lipinski definition) is 1. The molecule has 4 unspecified atom stereocenters. The summed E-state index contributed by atoms with van der Waals surface area (Å²) in [5.74, 6) is 0.349. The Morgan fingerprint density at radius 3 is 2.47 bits per heavy atom. The number of nitrogens with zero attached hydrogens (tertiary/aromatic N) is 2. The predicted octanol–water partition coefficient (Wildman–Crippen LogP) is 4.75. The zero-order valence-electron chi connectivity index (χ0n) is 19.6. The average molecular weight is 442 g/mol. The second-order valence-corrected chi connectivity index (χ2v) is 10.5. The van der Waals surface area contributed by atoms with Crippen molar-refractivity contribution in [2.45, 2.75) is 109 Å². The van der Waals surface area contributed by atoms with Gasteiger partial charge in [-0.15, -0.1) is 0 Å². The molecule has 1 amide bonds. The number of aromatic nitrogens is 2. The van der Waals surface area contributed by atoms with E-state index in [1.165, 1.54) is 62.6 Å². The number of esters is 1. The number of rotatable bonds is 5. The number of carbonyl (C=O) groups is 2. The summed E-state index contributed by atoms with van der Waals surface area (Å²) in [4.78, 5) is 26.3. The van der Waals surface area contributed by atoms with E-state index in [1.807, 2.05) is 6.92 Å². The summed E-state index contributed by atoms with van der Waals surface area (Å²) in [6.45, 7) is 2.25. The lowest BCUT2D eigenvalue weighted by Gasteiger charge is -2.30. The molecule has 0 saturated heterocycles. The molecule has 0 aliphatic heterocycles. The van der Waals surface area contributed by atoms with Gasteiger partial charge in [0.05, 0.1) is 18.6 Å². The molecule has 4 aliphatic rings. The van der Waals surface area contributed by atoms with E-state index >= 15 is 0 Å². The van der Waals surface area contributed by atoms with Crippen molar-refractivity contribution in [1.29, 1.82) is 0 Å². The van der Waals surface area contributed by atoms with Crippen molar-refractivity contribution in [3.05, 3.63) is 17.0 Å². The fourth-order valence-corrected chi connectivity index (χ4v) is 7.09. The van der Waals surface area contributed by atoms with E-state index in [1.54, 1.807) is 0 Å². The Morgan fingerprint density at radius 1 is 0.969 bits per heavy atom. The Bertz CT molecular complexity index is 842. The Hall–Kier alpha value is -1.85. The van der Waals surface area contributed by atoms with Crippen LogP contribution in [-0.2, 0) is 22.4 Å². The summed E-state index contributed by atoms with van der Waals surface area (Å²) in [7, 11) is 0. The number of fused-ring (bicyclic) bond motifs is 3. The molecule has 0 radical (unpaired) electrons. The van der Waals surface area contributed by atoms with Gasteiger partial charge in [0.1, 0.15) is 0 Å². The first-order chi connectivity index (χ1) is 15.7. The fourth-order valence-electron chi connectivity index (χ4n) is 7.09. The first-order valence-electron chi connectivity index (χ1n) is 13.2. The normalized spacial score (nSPS) is 30.4. The molecule has 176 valence electrons. The molecule has 4 aliphatic carbocycles. The van der Waals surface area contributed by atoms with Crippen LogP contribution in [0.2, 0.25) is 0 Å². The van der Waals surface area contributed by atoms with Gasteiger partial charge in [0.15, 0.2) is 5.69 Å². The third-order valence-electron chi connectivity index (χ3n) is 8.62. The maximum atomic E-state index is 13.6. The minimum atomic E-state index is -0.195. The maximum absolute atomic E-state index is 13.6. The Kier molecular flexibility index (Phi) is 6.56. The summed E-state index contributed by atoms with van der Waals surface area (Å²) < 4.78 is 7.64. The van der Waals surface area contributed by atoms with E-state index in [-0.39, 0.29) is 23.8 Å². The highest BCUT2D eigenvalue weighted by Gasteiger charge is 2.52. The summed E-state index contributed by atoms with van der Waals surface area (Å²) in [6, 6.07) is 0.331. The summed E-state index contributed by atoms with van der Waals surface area (Å²) in [5.41, 5.74) is 3.14. The Morgan fingerprint density at radius 2 is 1.69 bits per heavy atom. The highest BCUT2D eigenvalue weighted by atomic mass is 16.5. The minimum Gasteiger partial charge on any atom is -0.466 e. The smallest absolute Gasteiger partial charge is 0.311 e. The van der Waals surface area contributed by atoms with Gasteiger partial charge in [0, 0.05) is 17.3 Å². The molecule has 3 fully saturated rings.